The maximum absolute atomic E-state index is 12.7. The molecule has 0 heterocycles. The lowest BCUT2D eigenvalue weighted by Crippen LogP contribution is -2.37. The molecule has 0 fully saturated rings. The van der Waals surface area contributed by atoms with Crippen molar-refractivity contribution >= 4 is 19.8 Å². The summed E-state index contributed by atoms with van der Waals surface area (Å²) in [6.45, 7) is 3.86. The molecule has 0 aromatic heterocycles. The fraction of sp³-hybridized carbons (Fsp3) is 0.536. The van der Waals surface area contributed by atoms with E-state index >= 15 is 0 Å². The molecular formula is C56H88NO8P. The predicted octanol–water partition coefficient (Wildman–Crippen LogP) is 14.2. The van der Waals surface area contributed by atoms with Gasteiger partial charge in [-0.1, -0.05) is 166 Å². The van der Waals surface area contributed by atoms with Gasteiger partial charge < -0.3 is 27.9 Å². The summed E-state index contributed by atoms with van der Waals surface area (Å²) in [4.78, 5) is 37.7. The van der Waals surface area contributed by atoms with Gasteiger partial charge >= 0.3 is 11.9 Å². The lowest BCUT2D eigenvalue weighted by atomic mass is 10.1. The Kier molecular flexibility index (Phi) is 43.2. The maximum Gasteiger partial charge on any atom is 0.306 e. The molecule has 0 aliphatic heterocycles. The molecule has 10 heteroatoms. The van der Waals surface area contributed by atoms with E-state index < -0.39 is 32.5 Å². The van der Waals surface area contributed by atoms with E-state index in [1.165, 1.54) is 0 Å². The van der Waals surface area contributed by atoms with E-state index in [9.17, 15) is 19.0 Å². The Bertz CT molecular complexity index is 1620. The molecule has 0 saturated carbocycles. The second-order valence-electron chi connectivity index (χ2n) is 16.7. The fourth-order valence-electron chi connectivity index (χ4n) is 5.61. The number of quaternary nitrogens is 1. The number of phosphoric acid groups is 1. The van der Waals surface area contributed by atoms with Crippen molar-refractivity contribution < 1.29 is 42.1 Å². The normalized spacial score (nSPS) is 14.7. The van der Waals surface area contributed by atoms with E-state index in [-0.39, 0.29) is 26.1 Å². The molecular weight excluding hydrogens is 846 g/mol. The minimum atomic E-state index is -4.66. The molecule has 9 nitrogen and oxygen atoms in total. The first-order chi connectivity index (χ1) is 32.0. The summed E-state index contributed by atoms with van der Waals surface area (Å²) in [6, 6.07) is 0. The largest absolute Gasteiger partial charge is 0.756 e. The number of carbonyl (C=O) groups excluding carboxylic acids is 2. The minimum absolute atomic E-state index is 0.0562. The second-order valence-corrected chi connectivity index (χ2v) is 18.1. The predicted molar refractivity (Wildman–Crippen MR) is 277 cm³/mol. The Morgan fingerprint density at radius 1 is 0.470 bits per heavy atom. The molecule has 0 aromatic rings. The molecule has 0 saturated heterocycles. The summed E-state index contributed by atoms with van der Waals surface area (Å²) in [5, 5.41) is 0. The number of carbonyl (C=O) groups is 2. The van der Waals surface area contributed by atoms with E-state index in [1.54, 1.807) is 0 Å². The van der Waals surface area contributed by atoms with Crippen LogP contribution >= 0.6 is 7.82 Å². The molecule has 0 spiro atoms. The van der Waals surface area contributed by atoms with Crippen molar-refractivity contribution in [2.75, 3.05) is 47.5 Å². The molecule has 2 atom stereocenters. The van der Waals surface area contributed by atoms with Gasteiger partial charge in [0.15, 0.2) is 6.10 Å². The van der Waals surface area contributed by atoms with E-state index in [4.69, 9.17) is 18.5 Å². The topological polar surface area (TPSA) is 111 Å². The first kappa shape index (κ1) is 61.9. The van der Waals surface area contributed by atoms with E-state index in [2.05, 4.69) is 154 Å². The molecule has 2 unspecified atom stereocenters. The lowest BCUT2D eigenvalue weighted by Gasteiger charge is -2.28. The summed E-state index contributed by atoms with van der Waals surface area (Å²) in [7, 11) is 1.08. The number of unbranched alkanes of at least 4 members (excludes halogenated alkanes) is 4. The highest BCUT2D eigenvalue weighted by atomic mass is 31.2. The summed E-state index contributed by atoms with van der Waals surface area (Å²) in [5.74, 6) is -0.959. The molecule has 0 N–H and O–H groups in total. The second kappa shape index (κ2) is 46.0. The zero-order valence-electron chi connectivity index (χ0n) is 41.6. The third-order valence-electron chi connectivity index (χ3n) is 9.35. The van der Waals surface area contributed by atoms with Crippen molar-refractivity contribution in [3.8, 4) is 0 Å². The van der Waals surface area contributed by atoms with E-state index in [1.807, 2.05) is 27.2 Å². The van der Waals surface area contributed by atoms with Gasteiger partial charge in [0.25, 0.3) is 7.82 Å². The first-order valence-corrected chi connectivity index (χ1v) is 26.0. The van der Waals surface area contributed by atoms with Gasteiger partial charge in [0.2, 0.25) is 0 Å². The van der Waals surface area contributed by atoms with Crippen LogP contribution in [-0.2, 0) is 32.7 Å². The van der Waals surface area contributed by atoms with Crippen LogP contribution < -0.4 is 4.89 Å². The van der Waals surface area contributed by atoms with Gasteiger partial charge in [-0.05, 0) is 109 Å². The van der Waals surface area contributed by atoms with E-state index in [0.29, 0.717) is 30.3 Å². The van der Waals surface area contributed by atoms with Crippen LogP contribution in [0.15, 0.2) is 146 Å². The molecule has 0 radical (unpaired) electrons. The standard InChI is InChI=1S/C56H88NO8P/c1-6-8-10-12-14-16-18-20-22-24-25-26-27-28-29-30-31-33-35-37-39-41-43-45-47-49-56(59)65-54(53-64-66(60,61)63-51-50-57(3,4)5)52-62-55(58)48-46-44-42-40-38-36-34-32-23-21-19-17-15-13-11-9-7-2/h8-11,14-17,20-23,25-26,28-29,31,33-34,36-37,39-40,42,54H,6-7,12-13,18-19,24,27,30,32,35,38,41,43-53H2,1-5H3/b10-8-,11-9-,16-14-,17-15-,22-20-,23-21-,26-25-,29-28-,33-31-,36-34-,39-37-,42-40-. The lowest BCUT2D eigenvalue weighted by molar-refractivity contribution is -0.870. The Balaban J connectivity index is 4.48. The number of likely N-dealkylation sites (N-methyl/N-ethyl adjacent to an activating group) is 1. The SMILES string of the molecule is CC/C=C\C/C=C\C/C=C\C/C=C\C/C=C\C/C=C\C/C=C\CCCCCC(=O)OC(COC(=O)CCC/C=C\C/C=C\C/C=C\C/C=C\C/C=C\CC)COP(=O)([O-])OCC[N+](C)(C)C. The van der Waals surface area contributed by atoms with Gasteiger partial charge in [-0.15, -0.1) is 0 Å². The van der Waals surface area contributed by atoms with Gasteiger partial charge in [0.05, 0.1) is 27.7 Å². The highest BCUT2D eigenvalue weighted by molar-refractivity contribution is 7.45. The molecule has 0 aromatic carbocycles. The Labute approximate surface area is 402 Å². The molecule has 0 aliphatic rings. The third-order valence-corrected chi connectivity index (χ3v) is 10.3. The van der Waals surface area contributed by atoms with Crippen LogP contribution in [0.4, 0.5) is 0 Å². The minimum Gasteiger partial charge on any atom is -0.756 e. The zero-order chi connectivity index (χ0) is 48.5. The Morgan fingerprint density at radius 2 is 0.833 bits per heavy atom. The fourth-order valence-corrected chi connectivity index (χ4v) is 6.34. The van der Waals surface area contributed by atoms with Crippen LogP contribution in [0.5, 0.6) is 0 Å². The van der Waals surface area contributed by atoms with E-state index in [0.717, 1.165) is 96.3 Å². The van der Waals surface area contributed by atoms with Crippen LogP contribution in [0.25, 0.3) is 0 Å². The number of esters is 2. The van der Waals surface area contributed by atoms with Gasteiger partial charge in [-0.25, -0.2) is 0 Å². The van der Waals surface area contributed by atoms with Gasteiger partial charge in [-0.3, -0.25) is 14.2 Å². The van der Waals surface area contributed by atoms with Crippen LogP contribution in [0.1, 0.15) is 142 Å². The number of phosphoric ester groups is 1. The van der Waals surface area contributed by atoms with Crippen LogP contribution in [0.2, 0.25) is 0 Å². The number of rotatable bonds is 42. The average molecular weight is 934 g/mol. The maximum atomic E-state index is 12.7. The first-order valence-electron chi connectivity index (χ1n) is 24.5. The van der Waals surface area contributed by atoms with Gasteiger partial charge in [-0.2, -0.15) is 0 Å². The molecule has 66 heavy (non-hydrogen) atoms. The van der Waals surface area contributed by atoms with Crippen molar-refractivity contribution in [3.63, 3.8) is 0 Å². The molecule has 370 valence electrons. The van der Waals surface area contributed by atoms with Crippen molar-refractivity contribution in [1.82, 2.24) is 0 Å². The molecule has 0 amide bonds. The Morgan fingerprint density at radius 3 is 1.23 bits per heavy atom. The summed E-state index contributed by atoms with van der Waals surface area (Å²) >= 11 is 0. The van der Waals surface area contributed by atoms with Crippen molar-refractivity contribution in [2.45, 2.75) is 148 Å². The average Bonchev–Trinajstić information content (AvgIpc) is 3.27. The number of nitrogens with zero attached hydrogens (tertiary/aromatic N) is 1. The number of hydrogen-bond donors (Lipinski definition) is 0. The number of ether oxygens (including phenoxy) is 2. The van der Waals surface area contributed by atoms with Crippen LogP contribution in [-0.4, -0.2) is 70.0 Å². The smallest absolute Gasteiger partial charge is 0.306 e. The number of allylic oxidation sites excluding steroid dienone is 24. The number of hydrogen-bond acceptors (Lipinski definition) is 8. The highest BCUT2D eigenvalue weighted by Gasteiger charge is 2.21. The Hall–Kier alpha value is -4.11. The highest BCUT2D eigenvalue weighted by Crippen LogP contribution is 2.38. The van der Waals surface area contributed by atoms with Gasteiger partial charge in [0, 0.05) is 12.8 Å². The van der Waals surface area contributed by atoms with Crippen molar-refractivity contribution in [1.29, 1.82) is 0 Å². The van der Waals surface area contributed by atoms with Crippen LogP contribution in [0.3, 0.4) is 0 Å². The third kappa shape index (κ3) is 49.3. The molecule has 0 rings (SSSR count). The molecule has 0 bridgehead atoms. The van der Waals surface area contributed by atoms with Crippen molar-refractivity contribution in [3.05, 3.63) is 146 Å². The summed E-state index contributed by atoms with van der Waals surface area (Å²) in [5.41, 5.74) is 0. The summed E-state index contributed by atoms with van der Waals surface area (Å²) < 4.78 is 33.9. The van der Waals surface area contributed by atoms with Crippen LogP contribution in [0, 0.1) is 0 Å². The van der Waals surface area contributed by atoms with Gasteiger partial charge in [0.1, 0.15) is 19.8 Å². The quantitative estimate of drug-likeness (QED) is 0.0196. The van der Waals surface area contributed by atoms with Crippen molar-refractivity contribution in [2.24, 2.45) is 0 Å². The molecule has 0 aliphatic carbocycles. The monoisotopic (exact) mass is 934 g/mol. The zero-order valence-corrected chi connectivity index (χ0v) is 42.5. The summed E-state index contributed by atoms with van der Waals surface area (Å²) in [6.07, 6.45) is 67.5.